The van der Waals surface area contributed by atoms with Crippen LogP contribution in [0.3, 0.4) is 0 Å². The molecular weight excluding hydrogens is 329 g/mol. The van der Waals surface area contributed by atoms with Gasteiger partial charge >= 0.3 is 0 Å². The minimum atomic E-state index is 0. The molecule has 3 aliphatic carbocycles. The Morgan fingerprint density at radius 2 is 1.14 bits per heavy atom. The fourth-order valence-electron chi connectivity index (χ4n) is 3.13. The average Bonchev–Trinajstić information content (AvgIpc) is 2.93. The van der Waals surface area contributed by atoms with Gasteiger partial charge in [-0.1, -0.05) is 34.4 Å². The van der Waals surface area contributed by atoms with Gasteiger partial charge in [0.15, 0.2) is 0 Å². The van der Waals surface area contributed by atoms with Crippen molar-refractivity contribution in [1.29, 1.82) is 0 Å². The molecule has 0 bridgehead atoms. The van der Waals surface area contributed by atoms with E-state index in [0.29, 0.717) is 0 Å². The molecule has 21 heavy (non-hydrogen) atoms. The Kier molecular flexibility index (Phi) is 7.84. The molecule has 0 spiro atoms. The van der Waals surface area contributed by atoms with Gasteiger partial charge in [0.05, 0.1) is 0 Å². The number of hydrogen-bond donors (Lipinski definition) is 0. The first kappa shape index (κ1) is 18.6. The van der Waals surface area contributed by atoms with Gasteiger partial charge in [-0.25, -0.2) is 0 Å². The van der Waals surface area contributed by atoms with E-state index in [2.05, 4.69) is 38.2 Å². The van der Waals surface area contributed by atoms with Crippen LogP contribution < -0.4 is 0 Å². The number of allylic oxidation sites excluding steroid dienone is 12. The van der Waals surface area contributed by atoms with Crippen molar-refractivity contribution >= 4 is 0 Å². The molecule has 0 nitrogen and oxygen atoms in total. The Morgan fingerprint density at radius 3 is 1.48 bits per heavy atom. The molecule has 1 heteroatoms. The second-order valence-corrected chi connectivity index (χ2v) is 5.86. The van der Waals surface area contributed by atoms with E-state index in [4.69, 9.17) is 0 Å². The van der Waals surface area contributed by atoms with E-state index in [-0.39, 0.29) is 32.7 Å². The summed E-state index contributed by atoms with van der Waals surface area (Å²) in [5.41, 5.74) is 9.74. The molecule has 0 aliphatic heterocycles. The molecule has 0 fully saturated rings. The molecule has 0 amide bonds. The zero-order valence-corrected chi connectivity index (χ0v) is 16.6. The third kappa shape index (κ3) is 5.04. The van der Waals surface area contributed by atoms with Crippen LogP contribution in [-0.2, 0) is 32.7 Å². The van der Waals surface area contributed by atoms with Crippen LogP contribution in [0.5, 0.6) is 0 Å². The summed E-state index contributed by atoms with van der Waals surface area (Å²) in [6, 6.07) is 0. The van der Waals surface area contributed by atoms with Crippen LogP contribution >= 0.6 is 0 Å². The van der Waals surface area contributed by atoms with Crippen LogP contribution in [0.4, 0.5) is 0 Å². The van der Waals surface area contributed by atoms with Crippen LogP contribution in [0.1, 0.15) is 53.4 Å². The molecule has 0 unspecified atom stereocenters. The van der Waals surface area contributed by atoms with E-state index in [1.165, 1.54) is 25.7 Å². The van der Waals surface area contributed by atoms with E-state index >= 15 is 0 Å². The fraction of sp³-hybridized carbons (Fsp3) is 0.400. The summed E-state index contributed by atoms with van der Waals surface area (Å²) in [7, 11) is 0. The maximum Gasteiger partial charge on any atom is 0 e. The molecule has 0 heterocycles. The van der Waals surface area contributed by atoms with E-state index in [1.54, 1.807) is 33.4 Å². The van der Waals surface area contributed by atoms with Crippen molar-refractivity contribution in [2.75, 3.05) is 0 Å². The van der Waals surface area contributed by atoms with Crippen molar-refractivity contribution < 1.29 is 32.7 Å². The standard InChI is InChI=1S/C14H16.C6H8.Y/c1-9-3-11-7-13-5-10(2)6-14(13)8-12(11)4-9;1-3-5-6-4-2;/h3,6H,4-5,7-8H2,1-2H3;5-6H,1-2H3;/q;-2;. The van der Waals surface area contributed by atoms with E-state index in [1.807, 2.05) is 26.0 Å². The van der Waals surface area contributed by atoms with Gasteiger partial charge in [0.25, 0.3) is 0 Å². The second kappa shape index (κ2) is 8.86. The molecular formula is C20H24Y-2. The predicted molar refractivity (Wildman–Crippen MR) is 87.0 cm³/mol. The molecule has 0 aromatic rings. The van der Waals surface area contributed by atoms with Crippen molar-refractivity contribution in [2.24, 2.45) is 0 Å². The van der Waals surface area contributed by atoms with Crippen molar-refractivity contribution in [2.45, 2.75) is 53.4 Å². The average molecular weight is 353 g/mol. The van der Waals surface area contributed by atoms with Crippen LogP contribution in [0.2, 0.25) is 0 Å². The Balaban J connectivity index is 0.000000275. The Bertz CT molecular complexity index is 511. The first-order valence-electron chi connectivity index (χ1n) is 7.39. The van der Waals surface area contributed by atoms with E-state index < -0.39 is 0 Å². The minimum Gasteiger partial charge on any atom is -0.391 e. The normalized spacial score (nSPS) is 20.0. The molecule has 109 valence electrons. The van der Waals surface area contributed by atoms with Gasteiger partial charge in [-0.15, -0.1) is 13.8 Å². The largest absolute Gasteiger partial charge is 0.391 e. The monoisotopic (exact) mass is 353 g/mol. The molecule has 0 aromatic heterocycles. The minimum absolute atomic E-state index is 0. The SMILES string of the molecule is CC1=CC2=C(C1)CC1=C(CC(C)=C1)C2.C[C-]=CC=[C-]C.[Y]. The van der Waals surface area contributed by atoms with Gasteiger partial charge in [0.1, 0.15) is 0 Å². The Labute approximate surface area is 155 Å². The zero-order chi connectivity index (χ0) is 14.5. The summed E-state index contributed by atoms with van der Waals surface area (Å²) >= 11 is 0. The van der Waals surface area contributed by atoms with E-state index in [9.17, 15) is 0 Å². The second-order valence-electron chi connectivity index (χ2n) is 5.86. The van der Waals surface area contributed by atoms with Gasteiger partial charge in [-0.2, -0.15) is 0 Å². The van der Waals surface area contributed by atoms with Crippen molar-refractivity contribution in [3.05, 3.63) is 69.9 Å². The first-order valence-corrected chi connectivity index (χ1v) is 7.39. The van der Waals surface area contributed by atoms with Gasteiger partial charge in [0.2, 0.25) is 0 Å². The molecule has 0 N–H and O–H groups in total. The molecule has 0 saturated heterocycles. The van der Waals surface area contributed by atoms with Crippen molar-refractivity contribution in [3.63, 3.8) is 0 Å². The predicted octanol–water partition coefficient (Wildman–Crippen LogP) is 5.82. The van der Waals surface area contributed by atoms with Crippen LogP contribution in [0.15, 0.2) is 57.7 Å². The third-order valence-corrected chi connectivity index (χ3v) is 3.96. The van der Waals surface area contributed by atoms with Gasteiger partial charge in [-0.3, -0.25) is 0 Å². The van der Waals surface area contributed by atoms with Gasteiger partial charge < -0.3 is 24.3 Å². The summed E-state index contributed by atoms with van der Waals surface area (Å²) in [4.78, 5) is 0. The van der Waals surface area contributed by atoms with Gasteiger partial charge in [0, 0.05) is 32.7 Å². The van der Waals surface area contributed by atoms with Crippen molar-refractivity contribution in [3.8, 4) is 0 Å². The number of hydrogen-bond acceptors (Lipinski definition) is 0. The molecule has 3 aliphatic rings. The number of rotatable bonds is 1. The topological polar surface area (TPSA) is 0 Å². The summed E-state index contributed by atoms with van der Waals surface area (Å²) < 4.78 is 0. The van der Waals surface area contributed by atoms with Crippen LogP contribution in [0, 0.1) is 12.2 Å². The van der Waals surface area contributed by atoms with Crippen molar-refractivity contribution in [1.82, 2.24) is 0 Å². The molecule has 1 radical (unpaired) electrons. The van der Waals surface area contributed by atoms with Crippen LogP contribution in [-0.4, -0.2) is 0 Å². The fourth-order valence-corrected chi connectivity index (χ4v) is 3.13. The maximum atomic E-state index is 2.83. The summed E-state index contributed by atoms with van der Waals surface area (Å²) in [5.74, 6) is 0. The molecule has 0 saturated carbocycles. The third-order valence-electron chi connectivity index (χ3n) is 3.96. The zero-order valence-electron chi connectivity index (χ0n) is 13.7. The smallest absolute Gasteiger partial charge is 0 e. The van der Waals surface area contributed by atoms with Gasteiger partial charge in [-0.05, 0) is 50.7 Å². The van der Waals surface area contributed by atoms with E-state index in [0.717, 1.165) is 0 Å². The maximum absolute atomic E-state index is 2.83. The summed E-state index contributed by atoms with van der Waals surface area (Å²) in [6.45, 7) is 8.22. The Morgan fingerprint density at radius 1 is 0.762 bits per heavy atom. The molecule has 0 atom stereocenters. The molecule has 3 rings (SSSR count). The van der Waals surface area contributed by atoms with Crippen LogP contribution in [0.25, 0.3) is 0 Å². The molecule has 0 aromatic carbocycles. The summed E-state index contributed by atoms with van der Waals surface area (Å²) in [5, 5.41) is 0. The quantitative estimate of drug-likeness (QED) is 0.412. The summed E-state index contributed by atoms with van der Waals surface area (Å²) in [6.07, 6.45) is 19.0. The first-order chi connectivity index (χ1) is 9.63. The Hall–Kier alpha value is -0.456.